The second-order valence-electron chi connectivity index (χ2n) is 7.04. The van der Waals surface area contributed by atoms with Crippen LogP contribution in [0.5, 0.6) is 5.88 Å². The molecule has 3 heterocycles. The molecule has 1 saturated heterocycles. The molecule has 1 aliphatic heterocycles. The van der Waals surface area contributed by atoms with Crippen molar-refractivity contribution in [1.29, 1.82) is 0 Å². The summed E-state index contributed by atoms with van der Waals surface area (Å²) in [5.41, 5.74) is 0.857. The van der Waals surface area contributed by atoms with Crippen LogP contribution in [0.2, 0.25) is 0 Å². The van der Waals surface area contributed by atoms with Gasteiger partial charge in [-0.05, 0) is 49.5 Å². The quantitative estimate of drug-likeness (QED) is 0.749. The summed E-state index contributed by atoms with van der Waals surface area (Å²) in [5.74, 6) is 1.27. The lowest BCUT2D eigenvalue weighted by Gasteiger charge is -2.36. The first-order chi connectivity index (χ1) is 12.6. The standard InChI is InChI=1S/C19H23FN4OS/c1-3-15-21-19-24(22-15)18(25)17(26-19)16(13-5-4-6-14(20)11-13)23-9-7-12(2)8-10-23/h4-6,11-12,16,25H,3,7-10H2,1-2H3/t16-/m0/s1. The Morgan fingerprint density at radius 2 is 2.12 bits per heavy atom. The molecular weight excluding hydrogens is 351 g/mol. The van der Waals surface area contributed by atoms with Gasteiger partial charge in [-0.1, -0.05) is 37.3 Å². The van der Waals surface area contributed by atoms with E-state index in [1.807, 2.05) is 13.0 Å². The van der Waals surface area contributed by atoms with Crippen LogP contribution in [-0.4, -0.2) is 37.7 Å². The van der Waals surface area contributed by atoms with Gasteiger partial charge in [0.15, 0.2) is 5.82 Å². The zero-order chi connectivity index (χ0) is 18.3. The molecule has 0 unspecified atom stereocenters. The van der Waals surface area contributed by atoms with Crippen LogP contribution in [0.25, 0.3) is 4.96 Å². The largest absolute Gasteiger partial charge is 0.492 e. The average molecular weight is 374 g/mol. The normalized spacial score (nSPS) is 17.8. The minimum absolute atomic E-state index is 0.116. The highest BCUT2D eigenvalue weighted by Crippen LogP contribution is 2.41. The Hall–Kier alpha value is -1.99. The van der Waals surface area contributed by atoms with E-state index in [1.165, 1.54) is 21.9 Å². The number of aromatic nitrogens is 3. The van der Waals surface area contributed by atoms with E-state index in [0.29, 0.717) is 16.7 Å². The first-order valence-corrected chi connectivity index (χ1v) is 9.95. The van der Waals surface area contributed by atoms with Crippen molar-refractivity contribution in [2.75, 3.05) is 13.1 Å². The number of benzene rings is 1. The molecular formula is C19H23FN4OS. The van der Waals surface area contributed by atoms with Gasteiger partial charge in [-0.15, -0.1) is 5.10 Å². The number of likely N-dealkylation sites (tertiary alicyclic amines) is 1. The number of aryl methyl sites for hydroxylation is 1. The third-order valence-corrected chi connectivity index (χ3v) is 6.23. The number of hydrogen-bond acceptors (Lipinski definition) is 5. The molecule has 5 nitrogen and oxygen atoms in total. The van der Waals surface area contributed by atoms with Gasteiger partial charge in [-0.3, -0.25) is 4.90 Å². The number of halogens is 1. The highest BCUT2D eigenvalue weighted by molar-refractivity contribution is 7.17. The Kier molecular flexibility index (Phi) is 4.67. The zero-order valence-electron chi connectivity index (χ0n) is 15.0. The summed E-state index contributed by atoms with van der Waals surface area (Å²) in [6, 6.07) is 6.49. The van der Waals surface area contributed by atoms with E-state index in [4.69, 9.17) is 0 Å². The van der Waals surface area contributed by atoms with Gasteiger partial charge in [0, 0.05) is 6.42 Å². The van der Waals surface area contributed by atoms with Crippen LogP contribution in [0.1, 0.15) is 49.0 Å². The molecule has 3 aromatic rings. The van der Waals surface area contributed by atoms with Crippen LogP contribution in [0, 0.1) is 11.7 Å². The molecule has 0 spiro atoms. The number of hydrogen-bond donors (Lipinski definition) is 1. The molecule has 1 atom stereocenters. The Bertz CT molecular complexity index is 914. The van der Waals surface area contributed by atoms with Crippen LogP contribution in [0.15, 0.2) is 24.3 Å². The van der Waals surface area contributed by atoms with Crippen LogP contribution in [0.4, 0.5) is 4.39 Å². The molecule has 1 aromatic carbocycles. The lowest BCUT2D eigenvalue weighted by Crippen LogP contribution is -2.36. The summed E-state index contributed by atoms with van der Waals surface area (Å²) < 4.78 is 15.4. The second-order valence-corrected chi connectivity index (χ2v) is 8.05. The minimum atomic E-state index is -0.259. The maximum Gasteiger partial charge on any atom is 0.230 e. The summed E-state index contributed by atoms with van der Waals surface area (Å²) in [6.07, 6.45) is 2.93. The van der Waals surface area contributed by atoms with E-state index < -0.39 is 0 Å². The fraction of sp³-hybridized carbons (Fsp3) is 0.474. The molecule has 2 aromatic heterocycles. The Labute approximate surface area is 156 Å². The fourth-order valence-electron chi connectivity index (χ4n) is 3.61. The highest BCUT2D eigenvalue weighted by atomic mass is 32.1. The number of rotatable bonds is 4. The lowest BCUT2D eigenvalue weighted by molar-refractivity contribution is 0.157. The third-order valence-electron chi connectivity index (χ3n) is 5.16. The second kappa shape index (κ2) is 6.96. The van der Waals surface area contributed by atoms with E-state index in [1.54, 1.807) is 12.1 Å². The topological polar surface area (TPSA) is 53.7 Å². The molecule has 0 bridgehead atoms. The number of thiazole rings is 1. The Morgan fingerprint density at radius 1 is 1.35 bits per heavy atom. The smallest absolute Gasteiger partial charge is 0.230 e. The molecule has 1 fully saturated rings. The van der Waals surface area contributed by atoms with E-state index in [-0.39, 0.29) is 17.7 Å². The number of piperidine rings is 1. The maximum absolute atomic E-state index is 13.9. The van der Waals surface area contributed by atoms with Gasteiger partial charge in [0.1, 0.15) is 5.82 Å². The lowest BCUT2D eigenvalue weighted by atomic mass is 9.95. The van der Waals surface area contributed by atoms with E-state index in [2.05, 4.69) is 21.9 Å². The van der Waals surface area contributed by atoms with Crippen molar-refractivity contribution in [3.05, 3.63) is 46.3 Å². The monoisotopic (exact) mass is 374 g/mol. The van der Waals surface area contributed by atoms with Gasteiger partial charge in [0.25, 0.3) is 0 Å². The number of fused-ring (bicyclic) bond motifs is 1. The van der Waals surface area contributed by atoms with Gasteiger partial charge >= 0.3 is 0 Å². The first-order valence-electron chi connectivity index (χ1n) is 9.13. The predicted octanol–water partition coefficient (Wildman–Crippen LogP) is 4.02. The Balaban J connectivity index is 1.79. The van der Waals surface area contributed by atoms with Crippen molar-refractivity contribution in [3.63, 3.8) is 0 Å². The molecule has 4 rings (SSSR count). The van der Waals surface area contributed by atoms with Crippen LogP contribution in [-0.2, 0) is 6.42 Å². The predicted molar refractivity (Wildman–Crippen MR) is 100 cm³/mol. The van der Waals surface area contributed by atoms with Crippen molar-refractivity contribution < 1.29 is 9.50 Å². The van der Waals surface area contributed by atoms with Gasteiger partial charge in [0.05, 0.1) is 10.9 Å². The molecule has 0 aliphatic carbocycles. The van der Waals surface area contributed by atoms with Gasteiger partial charge in [-0.2, -0.15) is 4.52 Å². The molecule has 1 N–H and O–H groups in total. The van der Waals surface area contributed by atoms with Gasteiger partial charge in [0.2, 0.25) is 10.8 Å². The summed E-state index contributed by atoms with van der Waals surface area (Å²) in [5, 5.41) is 15.2. The van der Waals surface area contributed by atoms with Crippen molar-refractivity contribution >= 4 is 16.3 Å². The molecule has 7 heteroatoms. The van der Waals surface area contributed by atoms with Crippen LogP contribution < -0.4 is 0 Å². The molecule has 138 valence electrons. The molecule has 1 aliphatic rings. The van der Waals surface area contributed by atoms with E-state index in [0.717, 1.165) is 42.8 Å². The first kappa shape index (κ1) is 17.4. The van der Waals surface area contributed by atoms with Crippen molar-refractivity contribution in [2.24, 2.45) is 5.92 Å². The molecule has 26 heavy (non-hydrogen) atoms. The van der Waals surface area contributed by atoms with Crippen molar-refractivity contribution in [1.82, 2.24) is 19.5 Å². The molecule has 0 amide bonds. The fourth-order valence-corrected chi connectivity index (χ4v) is 4.75. The zero-order valence-corrected chi connectivity index (χ0v) is 15.8. The maximum atomic E-state index is 13.9. The van der Waals surface area contributed by atoms with Gasteiger partial charge in [-0.25, -0.2) is 9.37 Å². The van der Waals surface area contributed by atoms with Crippen molar-refractivity contribution in [2.45, 2.75) is 39.2 Å². The summed E-state index contributed by atoms with van der Waals surface area (Å²) in [7, 11) is 0. The number of aromatic hydroxyl groups is 1. The van der Waals surface area contributed by atoms with Crippen molar-refractivity contribution in [3.8, 4) is 5.88 Å². The minimum Gasteiger partial charge on any atom is -0.492 e. The van der Waals surface area contributed by atoms with E-state index in [9.17, 15) is 9.50 Å². The number of nitrogens with zero attached hydrogens (tertiary/aromatic N) is 4. The third kappa shape index (κ3) is 3.10. The van der Waals surface area contributed by atoms with Gasteiger partial charge < -0.3 is 5.11 Å². The highest BCUT2D eigenvalue weighted by Gasteiger charge is 2.31. The summed E-state index contributed by atoms with van der Waals surface area (Å²) in [6.45, 7) is 6.11. The van der Waals surface area contributed by atoms with Crippen LogP contribution in [0.3, 0.4) is 0 Å². The Morgan fingerprint density at radius 3 is 2.77 bits per heavy atom. The molecule has 0 saturated carbocycles. The van der Waals surface area contributed by atoms with E-state index >= 15 is 0 Å². The molecule has 0 radical (unpaired) electrons. The average Bonchev–Trinajstić information content (AvgIpc) is 3.17. The summed E-state index contributed by atoms with van der Waals surface area (Å²) in [4.78, 5) is 8.28. The SMILES string of the molecule is CCc1nc2sc([C@H](c3cccc(F)c3)N3CCC(C)CC3)c(O)n2n1. The summed E-state index contributed by atoms with van der Waals surface area (Å²) >= 11 is 1.44. The van der Waals surface area contributed by atoms with Crippen LogP contribution >= 0.6 is 11.3 Å².